The Morgan fingerprint density at radius 3 is 2.96 bits per heavy atom. The number of nitrogens with zero attached hydrogens (tertiary/aromatic N) is 1. The molecule has 1 aliphatic rings. The van der Waals surface area contributed by atoms with Gasteiger partial charge in [-0.1, -0.05) is 0 Å². The third kappa shape index (κ3) is 3.10. The highest BCUT2D eigenvalue weighted by Gasteiger charge is 2.16. The minimum Gasteiger partial charge on any atom is -0.493 e. The van der Waals surface area contributed by atoms with E-state index < -0.39 is 17.5 Å². The zero-order valence-corrected chi connectivity index (χ0v) is 13.7. The summed E-state index contributed by atoms with van der Waals surface area (Å²) in [7, 11) is 0. The lowest BCUT2D eigenvalue weighted by molar-refractivity contribution is 0.102. The van der Waals surface area contributed by atoms with Gasteiger partial charge in [0.05, 0.1) is 17.9 Å². The van der Waals surface area contributed by atoms with Crippen molar-refractivity contribution in [2.45, 2.75) is 6.42 Å². The van der Waals surface area contributed by atoms with E-state index in [2.05, 4.69) is 10.3 Å². The normalized spacial score (nSPS) is 12.6. The van der Waals surface area contributed by atoms with E-state index >= 15 is 0 Å². The summed E-state index contributed by atoms with van der Waals surface area (Å²) < 4.78 is 32.4. The van der Waals surface area contributed by atoms with E-state index in [0.29, 0.717) is 17.4 Å². The number of anilines is 1. The number of hydrogen-bond acceptors (Lipinski definition) is 4. The third-order valence-electron chi connectivity index (χ3n) is 3.88. The molecule has 0 atom stereocenters. The molecule has 0 spiro atoms. The molecule has 1 N–H and O–H groups in total. The van der Waals surface area contributed by atoms with Crippen LogP contribution in [0.5, 0.6) is 5.75 Å². The summed E-state index contributed by atoms with van der Waals surface area (Å²) in [6.45, 7) is 0.677. The highest BCUT2D eigenvalue weighted by atomic mass is 32.1. The predicted molar refractivity (Wildman–Crippen MR) is 91.1 cm³/mol. The molecule has 2 aromatic carbocycles. The zero-order chi connectivity index (χ0) is 17.4. The van der Waals surface area contributed by atoms with E-state index in [0.717, 1.165) is 41.5 Å². The number of benzene rings is 2. The van der Waals surface area contributed by atoms with Crippen LogP contribution >= 0.6 is 11.3 Å². The third-order valence-corrected chi connectivity index (χ3v) is 4.64. The number of amides is 1. The van der Waals surface area contributed by atoms with E-state index in [9.17, 15) is 13.6 Å². The number of thiazole rings is 1. The summed E-state index contributed by atoms with van der Waals surface area (Å²) in [6, 6.07) is 8.55. The maximum atomic E-state index is 13.7. The molecule has 25 heavy (non-hydrogen) atoms. The number of carbonyl (C=O) groups is 1. The van der Waals surface area contributed by atoms with E-state index in [1.54, 1.807) is 5.38 Å². The van der Waals surface area contributed by atoms with Crippen LogP contribution in [0.3, 0.4) is 0 Å². The second-order valence-electron chi connectivity index (χ2n) is 5.54. The Bertz CT molecular complexity index is 971. The Hall–Kier alpha value is -2.80. The number of nitrogens with one attached hydrogen (secondary N) is 1. The van der Waals surface area contributed by atoms with Crippen molar-refractivity contribution in [2.24, 2.45) is 0 Å². The first-order chi connectivity index (χ1) is 12.1. The van der Waals surface area contributed by atoms with Crippen LogP contribution in [-0.4, -0.2) is 17.5 Å². The predicted octanol–water partition coefficient (Wildman–Crippen LogP) is 4.28. The van der Waals surface area contributed by atoms with Crippen molar-refractivity contribution >= 4 is 22.4 Å². The molecule has 3 aromatic rings. The molecule has 0 saturated heterocycles. The van der Waals surface area contributed by atoms with E-state index in [4.69, 9.17) is 4.74 Å². The molecule has 0 fully saturated rings. The highest BCUT2D eigenvalue weighted by Crippen LogP contribution is 2.32. The summed E-state index contributed by atoms with van der Waals surface area (Å²) in [4.78, 5) is 16.5. The monoisotopic (exact) mass is 358 g/mol. The fourth-order valence-corrected chi connectivity index (χ4v) is 3.36. The summed E-state index contributed by atoms with van der Waals surface area (Å²) in [5, 5.41) is 4.63. The largest absolute Gasteiger partial charge is 0.493 e. The van der Waals surface area contributed by atoms with Gasteiger partial charge in [0.1, 0.15) is 17.4 Å². The average molecular weight is 358 g/mol. The molecule has 0 aliphatic carbocycles. The van der Waals surface area contributed by atoms with Gasteiger partial charge < -0.3 is 4.74 Å². The Morgan fingerprint density at radius 2 is 2.08 bits per heavy atom. The first kappa shape index (κ1) is 15.7. The minimum absolute atomic E-state index is 0.320. The van der Waals surface area contributed by atoms with Crippen LogP contribution in [0.25, 0.3) is 11.3 Å². The molecular formula is C18H12F2N2O2S. The Labute approximate surface area is 146 Å². The van der Waals surface area contributed by atoms with Crippen molar-refractivity contribution in [3.05, 3.63) is 64.5 Å². The van der Waals surface area contributed by atoms with Crippen molar-refractivity contribution in [3.63, 3.8) is 0 Å². The van der Waals surface area contributed by atoms with E-state index in [-0.39, 0.29) is 5.56 Å². The number of halogens is 2. The first-order valence-electron chi connectivity index (χ1n) is 7.58. The van der Waals surface area contributed by atoms with Crippen molar-refractivity contribution in [2.75, 3.05) is 11.9 Å². The lowest BCUT2D eigenvalue weighted by Crippen LogP contribution is -2.13. The molecule has 0 unspecified atom stereocenters. The molecule has 1 amide bonds. The van der Waals surface area contributed by atoms with Crippen molar-refractivity contribution in [1.82, 2.24) is 4.98 Å². The molecule has 7 heteroatoms. The van der Waals surface area contributed by atoms with Gasteiger partial charge in [0, 0.05) is 17.4 Å². The Morgan fingerprint density at radius 1 is 1.20 bits per heavy atom. The molecule has 4 nitrogen and oxygen atoms in total. The Kier molecular flexibility index (Phi) is 3.93. The molecule has 126 valence electrons. The van der Waals surface area contributed by atoms with E-state index in [1.165, 1.54) is 11.3 Å². The second kappa shape index (κ2) is 6.25. The number of hydrogen-bond donors (Lipinski definition) is 1. The average Bonchev–Trinajstić information content (AvgIpc) is 3.25. The van der Waals surface area contributed by atoms with E-state index in [1.807, 2.05) is 18.2 Å². The van der Waals surface area contributed by atoms with Crippen LogP contribution in [0, 0.1) is 11.6 Å². The van der Waals surface area contributed by atoms with Crippen LogP contribution in [-0.2, 0) is 6.42 Å². The van der Waals surface area contributed by atoms with Gasteiger partial charge in [-0.05, 0) is 42.0 Å². The molecule has 0 bridgehead atoms. The van der Waals surface area contributed by atoms with Crippen molar-refractivity contribution in [3.8, 4) is 17.0 Å². The fourth-order valence-electron chi connectivity index (χ4n) is 2.65. The maximum absolute atomic E-state index is 13.7. The van der Waals surface area contributed by atoms with Crippen molar-refractivity contribution in [1.29, 1.82) is 0 Å². The van der Waals surface area contributed by atoms with Gasteiger partial charge in [-0.25, -0.2) is 13.8 Å². The van der Waals surface area contributed by atoms with Crippen molar-refractivity contribution < 1.29 is 18.3 Å². The summed E-state index contributed by atoms with van der Waals surface area (Å²) in [5.41, 5.74) is 2.39. The van der Waals surface area contributed by atoms with Gasteiger partial charge in [0.15, 0.2) is 5.13 Å². The number of fused-ring (bicyclic) bond motifs is 1. The molecule has 4 rings (SSSR count). The summed E-state index contributed by atoms with van der Waals surface area (Å²) >= 11 is 1.22. The number of aromatic nitrogens is 1. The van der Waals surface area contributed by atoms with Gasteiger partial charge >= 0.3 is 0 Å². The molecule has 2 heterocycles. The van der Waals surface area contributed by atoms with Gasteiger partial charge in [-0.2, -0.15) is 0 Å². The smallest absolute Gasteiger partial charge is 0.260 e. The van der Waals surface area contributed by atoms with Gasteiger partial charge in [0.25, 0.3) is 5.91 Å². The van der Waals surface area contributed by atoms with Gasteiger partial charge in [-0.15, -0.1) is 11.3 Å². The SMILES string of the molecule is O=C(Nc1nc(-c2ccc3c(c2)CCO3)cs1)c1cc(F)ccc1F. The molecule has 0 radical (unpaired) electrons. The summed E-state index contributed by atoms with van der Waals surface area (Å²) in [5.74, 6) is -1.31. The second-order valence-corrected chi connectivity index (χ2v) is 6.40. The maximum Gasteiger partial charge on any atom is 0.260 e. The Balaban J connectivity index is 1.55. The van der Waals surface area contributed by atoms with Crippen LogP contribution < -0.4 is 10.1 Å². The fraction of sp³-hybridized carbons (Fsp3) is 0.111. The molecule has 1 aliphatic heterocycles. The number of carbonyl (C=O) groups excluding carboxylic acids is 1. The van der Waals surface area contributed by atoms with Gasteiger partial charge in [-0.3, -0.25) is 10.1 Å². The lowest BCUT2D eigenvalue weighted by atomic mass is 10.1. The standard InChI is InChI=1S/C18H12F2N2O2S/c19-12-2-3-14(20)13(8-12)17(23)22-18-21-15(9-25-18)10-1-4-16-11(7-10)5-6-24-16/h1-4,7-9H,5-6H2,(H,21,22,23). The molecular weight excluding hydrogens is 346 g/mol. The van der Waals surface area contributed by atoms with Crippen LogP contribution in [0.2, 0.25) is 0 Å². The van der Waals surface area contributed by atoms with Crippen LogP contribution in [0.15, 0.2) is 41.8 Å². The quantitative estimate of drug-likeness (QED) is 0.760. The number of ether oxygens (including phenoxy) is 1. The topological polar surface area (TPSA) is 51.2 Å². The summed E-state index contributed by atoms with van der Waals surface area (Å²) in [6.07, 6.45) is 0.857. The van der Waals surface area contributed by atoms with Crippen LogP contribution in [0.1, 0.15) is 15.9 Å². The van der Waals surface area contributed by atoms with Gasteiger partial charge in [0.2, 0.25) is 0 Å². The minimum atomic E-state index is -0.783. The molecule has 1 aromatic heterocycles. The lowest BCUT2D eigenvalue weighted by Gasteiger charge is -2.03. The zero-order valence-electron chi connectivity index (χ0n) is 12.9. The highest BCUT2D eigenvalue weighted by molar-refractivity contribution is 7.14. The first-order valence-corrected chi connectivity index (χ1v) is 8.46. The van der Waals surface area contributed by atoms with Crippen LogP contribution in [0.4, 0.5) is 13.9 Å². The number of rotatable bonds is 3. The molecule has 0 saturated carbocycles.